The van der Waals surface area contributed by atoms with Crippen LogP contribution in [0.3, 0.4) is 0 Å². The van der Waals surface area contributed by atoms with Crippen LogP contribution in [-0.4, -0.2) is 36.6 Å². The molecule has 2 aliphatic rings. The van der Waals surface area contributed by atoms with Crippen molar-refractivity contribution in [3.63, 3.8) is 0 Å². The molecular weight excluding hydrogens is 398 g/mol. The fraction of sp³-hybridized carbons (Fsp3) is 0.538. The summed E-state index contributed by atoms with van der Waals surface area (Å²) in [6.07, 6.45) is 1.98. The van der Waals surface area contributed by atoms with Gasteiger partial charge in [-0.05, 0) is 71.7 Å². The van der Waals surface area contributed by atoms with Crippen molar-refractivity contribution in [1.29, 1.82) is 0 Å². The zero-order chi connectivity index (χ0) is 23.5. The molecule has 0 amide bonds. The average Bonchev–Trinajstić information content (AvgIpc) is 3.04. The summed E-state index contributed by atoms with van der Waals surface area (Å²) in [5.41, 5.74) is -0.879. The highest BCUT2D eigenvalue weighted by Gasteiger charge is 2.63. The Labute approximate surface area is 193 Å². The van der Waals surface area contributed by atoms with E-state index in [0.717, 1.165) is 5.56 Å². The highest BCUT2D eigenvalue weighted by atomic mass is 16.7. The summed E-state index contributed by atoms with van der Waals surface area (Å²) >= 11 is 0. The lowest BCUT2D eigenvalue weighted by atomic mass is 9.46. The van der Waals surface area contributed by atoms with Gasteiger partial charge in [0, 0.05) is 11.6 Å². The number of fused-ring (bicyclic) bond motifs is 1. The molecule has 6 heteroatoms. The lowest BCUT2D eigenvalue weighted by Crippen LogP contribution is -2.41. The van der Waals surface area contributed by atoms with Gasteiger partial charge in [-0.25, -0.2) is 0 Å². The van der Waals surface area contributed by atoms with Crippen LogP contribution < -0.4 is 0 Å². The van der Waals surface area contributed by atoms with Crippen molar-refractivity contribution in [2.45, 2.75) is 89.4 Å². The lowest BCUT2D eigenvalue weighted by molar-refractivity contribution is 0.00578. The average molecular weight is 434 g/mol. The van der Waals surface area contributed by atoms with Crippen LogP contribution in [-0.2, 0) is 18.6 Å². The Balaban J connectivity index is 1.78. The molecule has 4 rings (SSSR count). The lowest BCUT2D eigenvalue weighted by Gasteiger charge is -2.32. The van der Waals surface area contributed by atoms with Gasteiger partial charge in [0.25, 0.3) is 0 Å². The van der Waals surface area contributed by atoms with Gasteiger partial charge in [-0.1, -0.05) is 48.5 Å². The van der Waals surface area contributed by atoms with Crippen molar-refractivity contribution in [3.05, 3.63) is 60.7 Å². The first kappa shape index (κ1) is 23.6. The molecule has 1 atom stereocenters. The number of rotatable bonds is 5. The van der Waals surface area contributed by atoms with Gasteiger partial charge < -0.3 is 18.6 Å². The van der Waals surface area contributed by atoms with E-state index in [9.17, 15) is 0 Å². The molecule has 170 valence electrons. The second kappa shape index (κ2) is 7.73. The van der Waals surface area contributed by atoms with Crippen molar-refractivity contribution < 1.29 is 18.6 Å². The van der Waals surface area contributed by atoms with Crippen LogP contribution in [0.2, 0.25) is 5.72 Å². The van der Waals surface area contributed by atoms with Gasteiger partial charge in [-0.15, -0.1) is 6.58 Å². The van der Waals surface area contributed by atoms with Crippen molar-refractivity contribution >= 4 is 25.0 Å². The van der Waals surface area contributed by atoms with Crippen LogP contribution >= 0.6 is 0 Å². The molecule has 0 aromatic heterocycles. The van der Waals surface area contributed by atoms with E-state index in [1.54, 1.807) is 0 Å². The molecule has 0 spiro atoms. The predicted molar refractivity (Wildman–Crippen MR) is 133 cm³/mol. The molecule has 2 fully saturated rings. The quantitative estimate of drug-likeness (QED) is 0.415. The van der Waals surface area contributed by atoms with E-state index in [-0.39, 0.29) is 11.6 Å². The Morgan fingerprint density at radius 1 is 0.688 bits per heavy atom. The molecular formula is C26H36B2O4. The second-order valence-electron chi connectivity index (χ2n) is 11.2. The minimum atomic E-state index is -0.496. The van der Waals surface area contributed by atoms with E-state index in [4.69, 9.17) is 18.6 Å². The Kier molecular flexibility index (Phi) is 5.69. The summed E-state index contributed by atoms with van der Waals surface area (Å²) in [6.45, 7) is 20.8. The number of hydrogen-bond acceptors (Lipinski definition) is 4. The maximum atomic E-state index is 6.54. The van der Waals surface area contributed by atoms with Crippen molar-refractivity contribution in [3.8, 4) is 0 Å². The Morgan fingerprint density at radius 3 is 1.56 bits per heavy atom. The third-order valence-corrected chi connectivity index (χ3v) is 8.00. The van der Waals surface area contributed by atoms with E-state index >= 15 is 0 Å². The molecule has 0 unspecified atom stereocenters. The molecule has 0 radical (unpaired) electrons. The first-order valence-electron chi connectivity index (χ1n) is 11.6. The van der Waals surface area contributed by atoms with Crippen LogP contribution in [0.15, 0.2) is 55.1 Å². The van der Waals surface area contributed by atoms with Gasteiger partial charge >= 0.3 is 14.2 Å². The Bertz CT molecular complexity index is 946. The second-order valence-corrected chi connectivity index (χ2v) is 11.2. The van der Waals surface area contributed by atoms with Gasteiger partial charge in [0.2, 0.25) is 0 Å². The number of benzene rings is 2. The molecule has 0 saturated carbocycles. The van der Waals surface area contributed by atoms with Gasteiger partial charge in [0.15, 0.2) is 0 Å². The van der Waals surface area contributed by atoms with Gasteiger partial charge in [-0.2, -0.15) is 0 Å². The highest BCUT2D eigenvalue weighted by Crippen LogP contribution is 2.50. The summed E-state index contributed by atoms with van der Waals surface area (Å²) < 4.78 is 26.1. The van der Waals surface area contributed by atoms with E-state index in [2.05, 4.69) is 104 Å². The third-order valence-electron chi connectivity index (χ3n) is 8.00. The molecule has 0 bridgehead atoms. The zero-order valence-corrected chi connectivity index (χ0v) is 20.8. The van der Waals surface area contributed by atoms with Crippen molar-refractivity contribution in [1.82, 2.24) is 0 Å². The monoisotopic (exact) mass is 434 g/mol. The fourth-order valence-corrected chi connectivity index (χ4v) is 4.49. The van der Waals surface area contributed by atoms with Gasteiger partial charge in [0.05, 0.1) is 22.4 Å². The molecule has 32 heavy (non-hydrogen) atoms. The number of hydrogen-bond donors (Lipinski definition) is 0. The zero-order valence-electron chi connectivity index (χ0n) is 20.8. The Hall–Kier alpha value is -1.59. The van der Waals surface area contributed by atoms with Gasteiger partial charge in [0.1, 0.15) is 0 Å². The topological polar surface area (TPSA) is 36.9 Å². The summed E-state index contributed by atoms with van der Waals surface area (Å²) in [4.78, 5) is 0. The third kappa shape index (κ3) is 3.85. The van der Waals surface area contributed by atoms with E-state index in [1.165, 1.54) is 10.8 Å². The van der Waals surface area contributed by atoms with Crippen LogP contribution in [0, 0.1) is 0 Å². The molecule has 0 aliphatic carbocycles. The highest BCUT2D eigenvalue weighted by molar-refractivity contribution is 6.68. The van der Waals surface area contributed by atoms with E-state index in [1.807, 2.05) is 6.08 Å². The standard InChI is InChI=1S/C26H36B2O4/c1-10-21(20-16-15-18-13-11-12-14-19(18)17-20)22(27-29-23(2,3)24(4,5)30-27)28-31-25(6,7)26(8,9)32-28/h10-17,21-22H,1H2,2-9H3/t21-/m1/s1. The van der Waals surface area contributed by atoms with Crippen molar-refractivity contribution in [2.24, 2.45) is 0 Å². The van der Waals surface area contributed by atoms with Crippen LogP contribution in [0.25, 0.3) is 10.8 Å². The van der Waals surface area contributed by atoms with E-state index in [0.29, 0.717) is 0 Å². The molecule has 2 aromatic rings. The summed E-state index contributed by atoms with van der Waals surface area (Å²) in [5, 5.41) is 2.40. The first-order chi connectivity index (χ1) is 14.8. The van der Waals surface area contributed by atoms with Crippen LogP contribution in [0.1, 0.15) is 66.9 Å². The molecule has 2 heterocycles. The van der Waals surface area contributed by atoms with Crippen LogP contribution in [0.5, 0.6) is 0 Å². The Morgan fingerprint density at radius 2 is 1.12 bits per heavy atom. The number of allylic oxidation sites excluding steroid dienone is 1. The molecule has 4 nitrogen and oxygen atoms in total. The normalized spacial score (nSPS) is 24.3. The summed E-state index contributed by atoms with van der Waals surface area (Å²) in [6, 6.07) is 14.9. The molecule has 2 aromatic carbocycles. The maximum absolute atomic E-state index is 6.54. The van der Waals surface area contributed by atoms with Crippen LogP contribution in [0.4, 0.5) is 0 Å². The maximum Gasteiger partial charge on any atom is 0.459 e. The molecule has 2 aliphatic heterocycles. The minimum absolute atomic E-state index is 0.0796. The molecule has 2 saturated heterocycles. The minimum Gasteiger partial charge on any atom is -0.403 e. The smallest absolute Gasteiger partial charge is 0.403 e. The molecule has 0 N–H and O–H groups in total. The van der Waals surface area contributed by atoms with Gasteiger partial charge in [-0.3, -0.25) is 0 Å². The fourth-order valence-electron chi connectivity index (χ4n) is 4.49. The SMILES string of the molecule is C=C[C@H](c1ccc2ccccc2c1)C(B1OC(C)(C)C(C)(C)O1)B1OC(C)(C)C(C)(C)O1. The summed E-state index contributed by atoms with van der Waals surface area (Å²) in [5.74, 6) is -0.0796. The van der Waals surface area contributed by atoms with E-state index < -0.39 is 36.6 Å². The van der Waals surface area contributed by atoms with Crippen molar-refractivity contribution in [2.75, 3.05) is 0 Å². The first-order valence-corrected chi connectivity index (χ1v) is 11.6. The predicted octanol–water partition coefficient (Wildman–Crippen LogP) is 6.20. The largest absolute Gasteiger partial charge is 0.459 e. The summed E-state index contributed by atoms with van der Waals surface area (Å²) in [7, 11) is -0.992.